The van der Waals surface area contributed by atoms with E-state index in [2.05, 4.69) is 10.6 Å². The number of carbonyl (C=O) groups excluding carboxylic acids is 3. The van der Waals surface area contributed by atoms with Crippen LogP contribution in [0.3, 0.4) is 0 Å². The molecule has 0 radical (unpaired) electrons. The Balaban J connectivity index is 2.80. The van der Waals surface area contributed by atoms with Crippen LogP contribution in [0.4, 0.5) is 0 Å². The van der Waals surface area contributed by atoms with Crippen molar-refractivity contribution in [2.24, 2.45) is 0 Å². The first-order valence-corrected chi connectivity index (χ1v) is 7.16. The van der Waals surface area contributed by atoms with E-state index in [4.69, 9.17) is 0 Å². The highest BCUT2D eigenvalue weighted by Gasteiger charge is 2.23. The van der Waals surface area contributed by atoms with Crippen LogP contribution in [0.2, 0.25) is 0 Å². The van der Waals surface area contributed by atoms with Gasteiger partial charge in [0.1, 0.15) is 12.3 Å². The zero-order valence-electron chi connectivity index (χ0n) is 12.5. The normalized spacial score (nSPS) is 13.0. The summed E-state index contributed by atoms with van der Waals surface area (Å²) in [5.41, 5.74) is 0.686. The predicted molar refractivity (Wildman–Crippen MR) is 80.5 cm³/mol. The summed E-state index contributed by atoms with van der Waals surface area (Å²) < 4.78 is 0. The average molecular weight is 290 g/mol. The van der Waals surface area contributed by atoms with E-state index in [1.54, 1.807) is 24.3 Å². The standard InChI is InChI=1S/C16H22N2O3/c1-3-4-10-14(11-19)18-16(21)15(17-12(2)20)13-8-6-5-7-9-13/h5-9,11,14-15H,3-4,10H2,1-2H3,(H,17,20)(H,18,21)/t14?,15-/m0/s1. The Morgan fingerprint density at radius 1 is 1.19 bits per heavy atom. The molecule has 1 aromatic carbocycles. The highest BCUT2D eigenvalue weighted by molar-refractivity contribution is 5.89. The summed E-state index contributed by atoms with van der Waals surface area (Å²) in [4.78, 5) is 34.7. The van der Waals surface area contributed by atoms with Gasteiger partial charge in [0.05, 0.1) is 6.04 Å². The zero-order valence-corrected chi connectivity index (χ0v) is 12.5. The Labute approximate surface area is 125 Å². The smallest absolute Gasteiger partial charge is 0.247 e. The molecule has 2 atom stereocenters. The van der Waals surface area contributed by atoms with Crippen LogP contribution in [0.1, 0.15) is 44.7 Å². The molecule has 0 spiro atoms. The summed E-state index contributed by atoms with van der Waals surface area (Å²) in [7, 11) is 0. The van der Waals surface area contributed by atoms with Crippen LogP contribution in [0.5, 0.6) is 0 Å². The Morgan fingerprint density at radius 3 is 2.38 bits per heavy atom. The first-order chi connectivity index (χ1) is 10.1. The molecule has 5 heteroatoms. The van der Waals surface area contributed by atoms with Crippen molar-refractivity contribution in [3.63, 3.8) is 0 Å². The minimum absolute atomic E-state index is 0.296. The number of carbonyl (C=O) groups is 3. The van der Waals surface area contributed by atoms with Gasteiger partial charge in [-0.05, 0) is 12.0 Å². The molecule has 2 N–H and O–H groups in total. The van der Waals surface area contributed by atoms with E-state index >= 15 is 0 Å². The lowest BCUT2D eigenvalue weighted by atomic mass is 10.0. The molecular weight excluding hydrogens is 268 g/mol. The monoisotopic (exact) mass is 290 g/mol. The second-order valence-electron chi connectivity index (χ2n) is 4.94. The van der Waals surface area contributed by atoms with E-state index in [0.29, 0.717) is 12.0 Å². The molecule has 0 saturated carbocycles. The SMILES string of the molecule is CCCCC(C=O)NC(=O)[C@@H](NC(C)=O)c1ccccc1. The lowest BCUT2D eigenvalue weighted by Gasteiger charge is -2.20. The summed E-state index contributed by atoms with van der Waals surface area (Å²) in [6.07, 6.45) is 3.16. The van der Waals surface area contributed by atoms with E-state index in [1.165, 1.54) is 6.92 Å². The molecule has 1 unspecified atom stereocenters. The van der Waals surface area contributed by atoms with Gasteiger partial charge < -0.3 is 15.4 Å². The van der Waals surface area contributed by atoms with E-state index < -0.39 is 12.1 Å². The molecule has 1 rings (SSSR count). The topological polar surface area (TPSA) is 75.3 Å². The van der Waals surface area contributed by atoms with Gasteiger partial charge in [-0.2, -0.15) is 0 Å². The lowest BCUT2D eigenvalue weighted by Crippen LogP contribution is -2.44. The number of hydrogen-bond acceptors (Lipinski definition) is 3. The highest BCUT2D eigenvalue weighted by Crippen LogP contribution is 2.13. The van der Waals surface area contributed by atoms with Crippen LogP contribution < -0.4 is 10.6 Å². The fourth-order valence-corrected chi connectivity index (χ4v) is 2.01. The maximum atomic E-state index is 12.3. The van der Waals surface area contributed by atoms with Crippen LogP contribution in [-0.4, -0.2) is 24.1 Å². The molecule has 0 fully saturated rings. The van der Waals surface area contributed by atoms with Gasteiger partial charge in [-0.1, -0.05) is 50.1 Å². The van der Waals surface area contributed by atoms with Crippen LogP contribution in [0.15, 0.2) is 30.3 Å². The van der Waals surface area contributed by atoms with Crippen LogP contribution in [-0.2, 0) is 14.4 Å². The maximum absolute atomic E-state index is 12.3. The molecule has 1 aromatic rings. The largest absolute Gasteiger partial charge is 0.345 e. The first kappa shape index (κ1) is 16.9. The van der Waals surface area contributed by atoms with Gasteiger partial charge in [-0.3, -0.25) is 9.59 Å². The number of hydrogen-bond donors (Lipinski definition) is 2. The van der Waals surface area contributed by atoms with Crippen LogP contribution >= 0.6 is 0 Å². The minimum atomic E-state index is -0.784. The van der Waals surface area contributed by atoms with Crippen molar-refractivity contribution in [3.05, 3.63) is 35.9 Å². The van der Waals surface area contributed by atoms with E-state index in [0.717, 1.165) is 19.1 Å². The van der Waals surface area contributed by atoms with Crippen molar-refractivity contribution in [2.75, 3.05) is 0 Å². The Hall–Kier alpha value is -2.17. The Bertz CT molecular complexity index is 474. The number of rotatable bonds is 8. The fourth-order valence-electron chi connectivity index (χ4n) is 2.01. The van der Waals surface area contributed by atoms with Crippen molar-refractivity contribution < 1.29 is 14.4 Å². The average Bonchev–Trinajstić information content (AvgIpc) is 2.49. The number of amides is 2. The summed E-state index contributed by atoms with van der Waals surface area (Å²) in [5.74, 6) is -0.667. The molecule has 5 nitrogen and oxygen atoms in total. The third-order valence-corrected chi connectivity index (χ3v) is 3.10. The van der Waals surface area contributed by atoms with E-state index in [1.807, 2.05) is 13.0 Å². The fraction of sp³-hybridized carbons (Fsp3) is 0.438. The summed E-state index contributed by atoms with van der Waals surface area (Å²) in [5, 5.41) is 5.30. The quantitative estimate of drug-likeness (QED) is 0.716. The van der Waals surface area contributed by atoms with Gasteiger partial charge in [0.25, 0.3) is 0 Å². The van der Waals surface area contributed by atoms with Gasteiger partial charge in [-0.25, -0.2) is 0 Å². The van der Waals surface area contributed by atoms with Crippen LogP contribution in [0, 0.1) is 0 Å². The van der Waals surface area contributed by atoms with Gasteiger partial charge in [0.15, 0.2) is 0 Å². The van der Waals surface area contributed by atoms with Crippen molar-refractivity contribution in [1.29, 1.82) is 0 Å². The molecule has 0 bridgehead atoms. The molecule has 0 aromatic heterocycles. The third kappa shape index (κ3) is 5.77. The van der Waals surface area contributed by atoms with Crippen molar-refractivity contribution in [2.45, 2.75) is 45.2 Å². The second-order valence-corrected chi connectivity index (χ2v) is 4.94. The summed E-state index contributed by atoms with van der Waals surface area (Å²) in [6, 6.07) is 7.66. The predicted octanol–water partition coefficient (Wildman–Crippen LogP) is 1.74. The number of aldehydes is 1. The molecule has 114 valence electrons. The molecule has 0 aliphatic carbocycles. The zero-order chi connectivity index (χ0) is 15.7. The molecule has 0 aliphatic rings. The van der Waals surface area contributed by atoms with Crippen molar-refractivity contribution >= 4 is 18.1 Å². The van der Waals surface area contributed by atoms with Gasteiger partial charge >= 0.3 is 0 Å². The second kappa shape index (κ2) is 8.89. The Kier molecular flexibility index (Phi) is 7.15. The summed E-state index contributed by atoms with van der Waals surface area (Å²) in [6.45, 7) is 3.38. The van der Waals surface area contributed by atoms with Gasteiger partial charge in [-0.15, -0.1) is 0 Å². The van der Waals surface area contributed by atoms with Crippen molar-refractivity contribution in [1.82, 2.24) is 10.6 Å². The van der Waals surface area contributed by atoms with E-state index in [-0.39, 0.29) is 11.8 Å². The Morgan fingerprint density at radius 2 is 1.86 bits per heavy atom. The number of unbranched alkanes of at least 4 members (excludes halogenated alkanes) is 1. The molecule has 0 saturated heterocycles. The number of benzene rings is 1. The highest BCUT2D eigenvalue weighted by atomic mass is 16.2. The van der Waals surface area contributed by atoms with E-state index in [9.17, 15) is 14.4 Å². The van der Waals surface area contributed by atoms with Crippen LogP contribution in [0.25, 0.3) is 0 Å². The lowest BCUT2D eigenvalue weighted by molar-refractivity contribution is -0.129. The summed E-state index contributed by atoms with van der Waals surface area (Å²) >= 11 is 0. The first-order valence-electron chi connectivity index (χ1n) is 7.16. The minimum Gasteiger partial charge on any atom is -0.345 e. The third-order valence-electron chi connectivity index (χ3n) is 3.10. The van der Waals surface area contributed by atoms with Gasteiger partial charge in [0.2, 0.25) is 11.8 Å². The van der Waals surface area contributed by atoms with Gasteiger partial charge in [0, 0.05) is 6.92 Å². The molecular formula is C16H22N2O3. The number of nitrogens with one attached hydrogen (secondary N) is 2. The molecule has 21 heavy (non-hydrogen) atoms. The maximum Gasteiger partial charge on any atom is 0.247 e. The van der Waals surface area contributed by atoms with Crippen molar-refractivity contribution in [3.8, 4) is 0 Å². The molecule has 0 heterocycles. The molecule has 2 amide bonds. The molecule has 0 aliphatic heterocycles.